The van der Waals surface area contributed by atoms with E-state index < -0.39 is 0 Å². The summed E-state index contributed by atoms with van der Waals surface area (Å²) in [5.74, 6) is 0.973. The summed E-state index contributed by atoms with van der Waals surface area (Å²) in [5, 5.41) is 2.82. The largest absolute Gasteiger partial charge is 0.495 e. The molecule has 0 aliphatic carbocycles. The van der Waals surface area contributed by atoms with E-state index in [1.165, 1.54) is 0 Å². The lowest BCUT2D eigenvalue weighted by Crippen LogP contribution is -2.20. The molecule has 3 rings (SSSR count). The van der Waals surface area contributed by atoms with Crippen molar-refractivity contribution in [3.63, 3.8) is 0 Å². The summed E-state index contributed by atoms with van der Waals surface area (Å²) in [7, 11) is 1.57. The molecule has 0 heterocycles. The molecule has 5 heteroatoms. The van der Waals surface area contributed by atoms with Gasteiger partial charge in [0.25, 0.3) is 5.91 Å². The Kier molecular flexibility index (Phi) is 6.14. The van der Waals surface area contributed by atoms with Crippen LogP contribution in [0.1, 0.15) is 5.56 Å². The highest BCUT2D eigenvalue weighted by Crippen LogP contribution is 2.31. The Morgan fingerprint density at radius 3 is 2.41 bits per heavy atom. The van der Waals surface area contributed by atoms with Gasteiger partial charge in [-0.2, -0.15) is 0 Å². The summed E-state index contributed by atoms with van der Waals surface area (Å²) in [6.07, 6.45) is 0. The Balaban J connectivity index is 1.65. The number of aryl methyl sites for hydroxylation is 1. The first-order valence-corrected chi connectivity index (χ1v) is 9.28. The molecule has 0 saturated carbocycles. The van der Waals surface area contributed by atoms with Gasteiger partial charge < -0.3 is 14.8 Å². The van der Waals surface area contributed by atoms with Crippen LogP contribution in [0.3, 0.4) is 0 Å². The molecule has 0 bridgehead atoms. The van der Waals surface area contributed by atoms with Gasteiger partial charge in [0, 0.05) is 0 Å². The minimum absolute atomic E-state index is 0.0968. The van der Waals surface area contributed by atoms with Crippen molar-refractivity contribution in [2.75, 3.05) is 19.0 Å². The Bertz CT molecular complexity index is 942. The molecule has 3 aromatic rings. The van der Waals surface area contributed by atoms with E-state index in [9.17, 15) is 4.79 Å². The molecular weight excluding hydrogens is 406 g/mol. The number of benzene rings is 3. The number of methoxy groups -OCH3 is 1. The zero-order valence-corrected chi connectivity index (χ0v) is 16.7. The molecule has 0 radical (unpaired) electrons. The van der Waals surface area contributed by atoms with Gasteiger partial charge in [0.1, 0.15) is 11.5 Å². The molecular formula is C22H20BrNO3. The number of amides is 1. The van der Waals surface area contributed by atoms with Crippen LogP contribution in [-0.4, -0.2) is 19.6 Å². The average molecular weight is 426 g/mol. The van der Waals surface area contributed by atoms with Crippen molar-refractivity contribution in [1.82, 2.24) is 0 Å². The van der Waals surface area contributed by atoms with Crippen molar-refractivity contribution in [1.29, 1.82) is 0 Å². The lowest BCUT2D eigenvalue weighted by molar-refractivity contribution is -0.118. The third-order valence-electron chi connectivity index (χ3n) is 4.03. The van der Waals surface area contributed by atoms with Crippen molar-refractivity contribution in [2.45, 2.75) is 6.92 Å². The highest BCUT2D eigenvalue weighted by Gasteiger charge is 2.10. The van der Waals surface area contributed by atoms with E-state index in [4.69, 9.17) is 9.47 Å². The molecule has 0 aliphatic rings. The normalized spacial score (nSPS) is 10.3. The lowest BCUT2D eigenvalue weighted by atomic mass is 10.1. The minimum atomic E-state index is -0.252. The predicted octanol–water partition coefficient (Wildman–Crippen LogP) is 5.45. The number of carbonyl (C=O) groups excluding carboxylic acids is 1. The topological polar surface area (TPSA) is 47.6 Å². The van der Waals surface area contributed by atoms with Crippen LogP contribution in [0.15, 0.2) is 71.2 Å². The molecule has 1 amide bonds. The van der Waals surface area contributed by atoms with Crippen molar-refractivity contribution in [2.24, 2.45) is 0 Å². The van der Waals surface area contributed by atoms with Crippen LogP contribution in [0.2, 0.25) is 0 Å². The summed E-state index contributed by atoms with van der Waals surface area (Å²) < 4.78 is 11.7. The standard InChI is InChI=1S/C22H20BrNO3/c1-15-8-10-21(26-2)19(12-15)24-22(25)14-27-20-11-9-17(13-18(20)23)16-6-4-3-5-7-16/h3-13H,14H2,1-2H3,(H,24,25). The number of anilines is 1. The highest BCUT2D eigenvalue weighted by atomic mass is 79.9. The summed E-state index contributed by atoms with van der Waals surface area (Å²) in [6.45, 7) is 1.86. The van der Waals surface area contributed by atoms with Gasteiger partial charge in [-0.05, 0) is 63.8 Å². The molecule has 3 aromatic carbocycles. The van der Waals surface area contributed by atoms with Crippen LogP contribution in [0.4, 0.5) is 5.69 Å². The van der Waals surface area contributed by atoms with Crippen LogP contribution >= 0.6 is 15.9 Å². The monoisotopic (exact) mass is 425 g/mol. The van der Waals surface area contributed by atoms with Crippen molar-refractivity contribution in [3.05, 3.63) is 76.8 Å². The van der Waals surface area contributed by atoms with Gasteiger partial charge in [0.15, 0.2) is 6.61 Å². The van der Waals surface area contributed by atoms with Crippen LogP contribution < -0.4 is 14.8 Å². The molecule has 0 fully saturated rings. The van der Waals surface area contributed by atoms with Gasteiger partial charge in [-0.15, -0.1) is 0 Å². The van der Waals surface area contributed by atoms with E-state index in [1.54, 1.807) is 7.11 Å². The molecule has 1 N–H and O–H groups in total. The molecule has 0 spiro atoms. The maximum absolute atomic E-state index is 12.3. The summed E-state index contributed by atoms with van der Waals surface area (Å²) >= 11 is 3.52. The first-order chi connectivity index (χ1) is 13.1. The summed E-state index contributed by atoms with van der Waals surface area (Å²) in [5.41, 5.74) is 3.86. The van der Waals surface area contributed by atoms with E-state index in [1.807, 2.05) is 73.7 Å². The second-order valence-corrected chi connectivity index (χ2v) is 6.91. The molecule has 4 nitrogen and oxygen atoms in total. The minimum Gasteiger partial charge on any atom is -0.495 e. The number of carbonyl (C=O) groups is 1. The van der Waals surface area contributed by atoms with E-state index in [2.05, 4.69) is 21.2 Å². The van der Waals surface area contributed by atoms with E-state index in [0.29, 0.717) is 17.2 Å². The highest BCUT2D eigenvalue weighted by molar-refractivity contribution is 9.10. The van der Waals surface area contributed by atoms with E-state index in [0.717, 1.165) is 21.2 Å². The maximum Gasteiger partial charge on any atom is 0.262 e. The van der Waals surface area contributed by atoms with E-state index in [-0.39, 0.29) is 12.5 Å². The SMILES string of the molecule is COc1ccc(C)cc1NC(=O)COc1ccc(-c2ccccc2)cc1Br. The molecule has 0 saturated heterocycles. The van der Waals surface area contributed by atoms with Gasteiger partial charge in [0.2, 0.25) is 0 Å². The average Bonchev–Trinajstić information content (AvgIpc) is 2.68. The number of rotatable bonds is 6. The molecule has 0 unspecified atom stereocenters. The number of nitrogens with one attached hydrogen (secondary N) is 1. The van der Waals surface area contributed by atoms with Crippen molar-refractivity contribution < 1.29 is 14.3 Å². The zero-order valence-electron chi connectivity index (χ0n) is 15.2. The Morgan fingerprint density at radius 1 is 0.963 bits per heavy atom. The maximum atomic E-state index is 12.3. The molecule has 0 aromatic heterocycles. The van der Waals surface area contributed by atoms with Crippen LogP contribution in [-0.2, 0) is 4.79 Å². The third-order valence-corrected chi connectivity index (χ3v) is 4.65. The number of ether oxygens (including phenoxy) is 2. The number of halogens is 1. The van der Waals surface area contributed by atoms with Gasteiger partial charge in [0.05, 0.1) is 17.3 Å². The molecule has 0 aliphatic heterocycles. The first kappa shape index (κ1) is 19.0. The third kappa shape index (κ3) is 4.89. The molecule has 0 atom stereocenters. The van der Waals surface area contributed by atoms with Crippen molar-refractivity contribution in [3.8, 4) is 22.6 Å². The summed E-state index contributed by atoms with van der Waals surface area (Å²) in [4.78, 5) is 12.3. The fourth-order valence-corrected chi connectivity index (χ4v) is 3.17. The lowest BCUT2D eigenvalue weighted by Gasteiger charge is -2.13. The molecule has 138 valence electrons. The number of hydrogen-bond donors (Lipinski definition) is 1. The van der Waals surface area contributed by atoms with Gasteiger partial charge in [-0.25, -0.2) is 0 Å². The Morgan fingerprint density at radius 2 is 1.70 bits per heavy atom. The van der Waals surface area contributed by atoms with Gasteiger partial charge >= 0.3 is 0 Å². The quantitative estimate of drug-likeness (QED) is 0.570. The van der Waals surface area contributed by atoms with Crippen LogP contribution in [0.5, 0.6) is 11.5 Å². The number of hydrogen-bond acceptors (Lipinski definition) is 3. The second kappa shape index (κ2) is 8.73. The fourth-order valence-electron chi connectivity index (χ4n) is 2.68. The first-order valence-electron chi connectivity index (χ1n) is 8.49. The van der Waals surface area contributed by atoms with E-state index >= 15 is 0 Å². The second-order valence-electron chi connectivity index (χ2n) is 6.05. The molecule has 27 heavy (non-hydrogen) atoms. The van der Waals surface area contributed by atoms with Crippen LogP contribution in [0, 0.1) is 6.92 Å². The zero-order chi connectivity index (χ0) is 19.2. The smallest absolute Gasteiger partial charge is 0.262 e. The van der Waals surface area contributed by atoms with Gasteiger partial charge in [-0.3, -0.25) is 4.79 Å². The van der Waals surface area contributed by atoms with Gasteiger partial charge in [-0.1, -0.05) is 42.5 Å². The predicted molar refractivity (Wildman–Crippen MR) is 111 cm³/mol. The van der Waals surface area contributed by atoms with Crippen molar-refractivity contribution >= 4 is 27.5 Å². The fraction of sp³-hybridized carbons (Fsp3) is 0.136. The Hall–Kier alpha value is -2.79. The van der Waals surface area contributed by atoms with Crippen LogP contribution in [0.25, 0.3) is 11.1 Å². The summed E-state index contributed by atoms with van der Waals surface area (Å²) in [6, 6.07) is 21.5. The Labute approximate surface area is 167 Å².